The molecular weight excluding hydrogens is 499 g/mol. The first-order valence-electron chi connectivity index (χ1n) is 13.7. The number of aryl methyl sites for hydroxylation is 2. The molecule has 2 aromatic heterocycles. The summed E-state index contributed by atoms with van der Waals surface area (Å²) in [5, 5.41) is 10.2. The summed E-state index contributed by atoms with van der Waals surface area (Å²) in [5.41, 5.74) is 10.5. The Hall–Kier alpha value is -2.56. The first-order chi connectivity index (χ1) is 17.4. The van der Waals surface area contributed by atoms with Crippen LogP contribution in [-0.2, 0) is 25.7 Å². The Bertz CT molecular complexity index is 1250. The van der Waals surface area contributed by atoms with Gasteiger partial charge >= 0.3 is 0 Å². The SMILES string of the molecule is Cl.Cl.c1ccc2c(NCCCCCNc3c4c(nc5ccccc35)CCCC4)c3c(nc2c1)CCCC3. The lowest BCUT2D eigenvalue weighted by atomic mass is 9.92. The van der Waals surface area contributed by atoms with Crippen molar-refractivity contribution in [2.45, 2.75) is 70.6 Å². The van der Waals surface area contributed by atoms with Gasteiger partial charge in [-0.2, -0.15) is 0 Å². The molecule has 2 aromatic carbocycles. The number of hydrogen-bond acceptors (Lipinski definition) is 4. The molecule has 6 rings (SSSR count). The number of nitrogens with one attached hydrogen (secondary N) is 2. The van der Waals surface area contributed by atoms with Crippen molar-refractivity contribution in [3.63, 3.8) is 0 Å². The summed E-state index contributed by atoms with van der Waals surface area (Å²) in [6.45, 7) is 2.04. The van der Waals surface area contributed by atoms with Crippen LogP contribution in [0.2, 0.25) is 0 Å². The van der Waals surface area contributed by atoms with Crippen molar-refractivity contribution in [3.8, 4) is 0 Å². The maximum atomic E-state index is 4.97. The van der Waals surface area contributed by atoms with Crippen LogP contribution in [0.5, 0.6) is 0 Å². The van der Waals surface area contributed by atoms with Crippen molar-refractivity contribution in [1.82, 2.24) is 9.97 Å². The van der Waals surface area contributed by atoms with Gasteiger partial charge in [-0.05, 0) is 93.9 Å². The molecule has 2 aliphatic rings. The van der Waals surface area contributed by atoms with Gasteiger partial charge < -0.3 is 10.6 Å². The molecule has 0 unspecified atom stereocenters. The van der Waals surface area contributed by atoms with Crippen molar-refractivity contribution in [2.75, 3.05) is 23.7 Å². The van der Waals surface area contributed by atoms with Gasteiger partial charge in [0.15, 0.2) is 0 Å². The summed E-state index contributed by atoms with van der Waals surface area (Å²) in [6.07, 6.45) is 13.2. The minimum absolute atomic E-state index is 0. The third-order valence-electron chi connectivity index (χ3n) is 7.80. The zero-order chi connectivity index (χ0) is 23.5. The van der Waals surface area contributed by atoms with Crippen molar-refractivity contribution in [2.24, 2.45) is 0 Å². The van der Waals surface area contributed by atoms with Crippen LogP contribution in [0.3, 0.4) is 0 Å². The first-order valence-corrected chi connectivity index (χ1v) is 13.7. The first kappa shape index (κ1) is 27.5. The fourth-order valence-corrected chi connectivity index (χ4v) is 6.00. The summed E-state index contributed by atoms with van der Waals surface area (Å²) >= 11 is 0. The monoisotopic (exact) mass is 536 g/mol. The zero-order valence-electron chi connectivity index (χ0n) is 21.5. The lowest BCUT2D eigenvalue weighted by Gasteiger charge is -2.22. The van der Waals surface area contributed by atoms with Crippen LogP contribution in [0, 0.1) is 0 Å². The van der Waals surface area contributed by atoms with E-state index in [2.05, 4.69) is 59.2 Å². The van der Waals surface area contributed by atoms with Crippen molar-refractivity contribution in [3.05, 3.63) is 71.0 Å². The van der Waals surface area contributed by atoms with Gasteiger partial charge in [0.1, 0.15) is 0 Å². The van der Waals surface area contributed by atoms with E-state index in [4.69, 9.17) is 9.97 Å². The van der Waals surface area contributed by atoms with E-state index in [-0.39, 0.29) is 24.8 Å². The molecule has 0 spiro atoms. The molecule has 2 aliphatic carbocycles. The highest BCUT2D eigenvalue weighted by Crippen LogP contribution is 2.34. The Kier molecular flexibility index (Phi) is 9.50. The highest BCUT2D eigenvalue weighted by molar-refractivity contribution is 5.94. The van der Waals surface area contributed by atoms with E-state index >= 15 is 0 Å². The molecule has 0 radical (unpaired) electrons. The summed E-state index contributed by atoms with van der Waals surface area (Å²) < 4.78 is 0. The molecule has 37 heavy (non-hydrogen) atoms. The quantitative estimate of drug-likeness (QED) is 0.223. The number of unbranched alkanes of at least 4 members (excludes halogenated alkanes) is 2. The predicted octanol–water partition coefficient (Wildman–Crippen LogP) is 8.08. The largest absolute Gasteiger partial charge is 0.384 e. The minimum atomic E-state index is 0. The fourth-order valence-electron chi connectivity index (χ4n) is 6.00. The summed E-state index contributed by atoms with van der Waals surface area (Å²) in [5.74, 6) is 0. The van der Waals surface area contributed by atoms with E-state index in [1.807, 2.05) is 0 Å². The van der Waals surface area contributed by atoms with Crippen LogP contribution < -0.4 is 10.6 Å². The second kappa shape index (κ2) is 12.8. The van der Waals surface area contributed by atoms with E-state index in [1.54, 1.807) is 0 Å². The Morgan fingerprint density at radius 3 is 1.46 bits per heavy atom. The second-order valence-electron chi connectivity index (χ2n) is 10.2. The van der Waals surface area contributed by atoms with Gasteiger partial charge in [0.2, 0.25) is 0 Å². The van der Waals surface area contributed by atoms with Crippen molar-refractivity contribution < 1.29 is 0 Å². The molecule has 2 N–H and O–H groups in total. The van der Waals surface area contributed by atoms with Crippen molar-refractivity contribution in [1.29, 1.82) is 0 Å². The van der Waals surface area contributed by atoms with Gasteiger partial charge in [0.25, 0.3) is 0 Å². The van der Waals surface area contributed by atoms with E-state index in [0.29, 0.717) is 0 Å². The number of nitrogens with zero attached hydrogens (tertiary/aromatic N) is 2. The molecule has 0 aliphatic heterocycles. The zero-order valence-corrected chi connectivity index (χ0v) is 23.2. The average molecular weight is 538 g/mol. The van der Waals surface area contributed by atoms with E-state index in [1.165, 1.54) is 89.6 Å². The fraction of sp³-hybridized carbons (Fsp3) is 0.419. The van der Waals surface area contributed by atoms with Crippen LogP contribution in [0.15, 0.2) is 48.5 Å². The minimum Gasteiger partial charge on any atom is -0.384 e. The van der Waals surface area contributed by atoms with Crippen LogP contribution in [-0.4, -0.2) is 23.1 Å². The average Bonchev–Trinajstić information content (AvgIpc) is 2.91. The van der Waals surface area contributed by atoms with E-state index in [0.717, 1.165) is 49.8 Å². The smallest absolute Gasteiger partial charge is 0.0726 e. The molecule has 4 aromatic rings. The Morgan fingerprint density at radius 1 is 0.541 bits per heavy atom. The molecule has 4 nitrogen and oxygen atoms in total. The van der Waals surface area contributed by atoms with Gasteiger partial charge in [0.05, 0.1) is 11.0 Å². The molecule has 2 heterocycles. The summed E-state index contributed by atoms with van der Waals surface area (Å²) in [6, 6.07) is 17.2. The number of benzene rings is 2. The van der Waals surface area contributed by atoms with Crippen LogP contribution in [0.1, 0.15) is 67.5 Å². The second-order valence-corrected chi connectivity index (χ2v) is 10.2. The number of hydrogen-bond donors (Lipinski definition) is 2. The Morgan fingerprint density at radius 2 is 0.973 bits per heavy atom. The number of aromatic nitrogens is 2. The molecule has 0 saturated heterocycles. The topological polar surface area (TPSA) is 49.8 Å². The molecule has 0 bridgehead atoms. The van der Waals surface area contributed by atoms with Crippen molar-refractivity contribution >= 4 is 58.0 Å². The van der Waals surface area contributed by atoms with Crippen LogP contribution >= 0.6 is 24.8 Å². The summed E-state index contributed by atoms with van der Waals surface area (Å²) in [7, 11) is 0. The molecule has 196 valence electrons. The lowest BCUT2D eigenvalue weighted by molar-refractivity contribution is 0.669. The Labute approximate surface area is 232 Å². The number of rotatable bonds is 8. The number of pyridine rings is 2. The van der Waals surface area contributed by atoms with Gasteiger partial charge in [-0.3, -0.25) is 9.97 Å². The standard InChI is InChI=1S/C31H36N4.2ClH/c1(10-20-32-30-22-12-2-6-16-26(22)34-27-17-7-3-13-23(27)30)11-21-33-31-24-14-4-8-18-28(24)35-29-19-9-5-15-25(29)31;;/h2,4,6,8,12,14,16,18H,1,3,5,7,9-11,13,15,17,19-21H2,(H,32,34)(H,33,35);2*1H. The molecule has 0 amide bonds. The Balaban J connectivity index is 0.00000160. The normalized spacial score (nSPS) is 14.3. The highest BCUT2D eigenvalue weighted by Gasteiger charge is 2.19. The number of anilines is 2. The van der Waals surface area contributed by atoms with Gasteiger partial charge in [-0.1, -0.05) is 36.4 Å². The highest BCUT2D eigenvalue weighted by atomic mass is 35.5. The molecule has 0 atom stereocenters. The number of fused-ring (bicyclic) bond motifs is 4. The predicted molar refractivity (Wildman–Crippen MR) is 162 cm³/mol. The third-order valence-corrected chi connectivity index (χ3v) is 7.80. The molecular formula is C31H38Cl2N4. The maximum absolute atomic E-state index is 4.97. The molecule has 6 heteroatoms. The van der Waals surface area contributed by atoms with E-state index < -0.39 is 0 Å². The lowest BCUT2D eigenvalue weighted by Crippen LogP contribution is -2.13. The van der Waals surface area contributed by atoms with Gasteiger partial charge in [-0.15, -0.1) is 24.8 Å². The van der Waals surface area contributed by atoms with Crippen LogP contribution in [0.25, 0.3) is 21.8 Å². The van der Waals surface area contributed by atoms with E-state index in [9.17, 15) is 0 Å². The molecule has 0 fully saturated rings. The van der Waals surface area contributed by atoms with Crippen LogP contribution in [0.4, 0.5) is 11.4 Å². The number of halogens is 2. The summed E-state index contributed by atoms with van der Waals surface area (Å²) in [4.78, 5) is 9.95. The third kappa shape index (κ3) is 5.81. The van der Waals surface area contributed by atoms with Gasteiger partial charge in [-0.25, -0.2) is 0 Å². The maximum Gasteiger partial charge on any atom is 0.0726 e. The number of para-hydroxylation sites is 2. The van der Waals surface area contributed by atoms with Gasteiger partial charge in [0, 0.05) is 46.6 Å². The molecule has 0 saturated carbocycles.